The molecule has 3 heterocycles. The zero-order valence-corrected chi connectivity index (χ0v) is 25.1. The summed E-state index contributed by atoms with van der Waals surface area (Å²) < 4.78 is 36.6. The first kappa shape index (κ1) is 29.2. The van der Waals surface area contributed by atoms with Crippen LogP contribution in [0.3, 0.4) is 0 Å². The second kappa shape index (κ2) is 12.4. The third kappa shape index (κ3) is 6.51. The van der Waals surface area contributed by atoms with E-state index in [1.807, 2.05) is 67.6 Å². The highest BCUT2D eigenvalue weighted by Crippen LogP contribution is 2.29. The molecule has 3 N–H and O–H groups in total. The van der Waals surface area contributed by atoms with Gasteiger partial charge in [-0.25, -0.2) is 23.2 Å². The Morgan fingerprint density at radius 2 is 1.84 bits per heavy atom. The number of ether oxygens (including phenoxy) is 1. The van der Waals surface area contributed by atoms with Crippen LogP contribution in [0.4, 0.5) is 0 Å². The molecule has 6 rings (SSSR count). The van der Waals surface area contributed by atoms with Crippen LogP contribution in [0.1, 0.15) is 28.6 Å². The minimum absolute atomic E-state index is 0.0757. The predicted molar refractivity (Wildman–Crippen MR) is 163 cm³/mol. The first-order valence-corrected chi connectivity index (χ1v) is 15.9. The van der Waals surface area contributed by atoms with Crippen molar-refractivity contribution >= 4 is 37.5 Å². The highest BCUT2D eigenvalue weighted by Gasteiger charge is 2.24. The largest absolute Gasteiger partial charge is 0.487 e. The standard InChI is InChI=1S/C30H27N7O5S2/c1-19-24(28(35-42-19)21-10-6-3-7-11-21)16-32-29(38)26(14-20-8-4-2-5-9-20)37-17-22(34-36-37)18-41-23-12-13-25-27(15-23)43-30(33-25)44(31,39)40/h2-13,15,17,26H,14,16,18H2,1H3,(H,32,38)(H2,31,39,40). The van der Waals surface area contributed by atoms with Crippen LogP contribution < -0.4 is 15.2 Å². The Bertz CT molecular complexity index is 2020. The molecule has 1 amide bonds. The van der Waals surface area contributed by atoms with Crippen molar-refractivity contribution in [2.75, 3.05) is 0 Å². The Kier molecular flexibility index (Phi) is 8.19. The monoisotopic (exact) mass is 629 g/mol. The molecule has 3 aromatic heterocycles. The number of hydrogen-bond acceptors (Lipinski definition) is 10. The summed E-state index contributed by atoms with van der Waals surface area (Å²) in [5, 5.41) is 20.9. The number of fused-ring (bicyclic) bond motifs is 1. The zero-order valence-electron chi connectivity index (χ0n) is 23.5. The lowest BCUT2D eigenvalue weighted by atomic mass is 10.0. The van der Waals surface area contributed by atoms with E-state index in [0.717, 1.165) is 28.0 Å². The lowest BCUT2D eigenvalue weighted by Gasteiger charge is -2.17. The number of carbonyl (C=O) groups is 1. The van der Waals surface area contributed by atoms with E-state index in [0.29, 0.717) is 39.5 Å². The fraction of sp³-hybridized carbons (Fsp3) is 0.167. The van der Waals surface area contributed by atoms with Gasteiger partial charge in [0, 0.05) is 24.1 Å². The summed E-state index contributed by atoms with van der Waals surface area (Å²) in [7, 11) is -3.90. The van der Waals surface area contributed by atoms with Crippen molar-refractivity contribution in [1.29, 1.82) is 0 Å². The summed E-state index contributed by atoms with van der Waals surface area (Å²) in [4.78, 5) is 17.7. The summed E-state index contributed by atoms with van der Waals surface area (Å²) in [5.74, 6) is 0.877. The number of aromatic nitrogens is 5. The number of primary sulfonamides is 1. The van der Waals surface area contributed by atoms with Gasteiger partial charge in [0.05, 0.1) is 16.4 Å². The third-order valence-corrected chi connectivity index (χ3v) is 9.23. The highest BCUT2D eigenvalue weighted by atomic mass is 32.2. The molecule has 3 aromatic carbocycles. The van der Waals surface area contributed by atoms with E-state index in [-0.39, 0.29) is 23.4 Å². The molecule has 14 heteroatoms. The molecular formula is C30H27N7O5S2. The minimum Gasteiger partial charge on any atom is -0.487 e. The molecule has 224 valence electrons. The Hall–Kier alpha value is -4.92. The smallest absolute Gasteiger partial charge is 0.265 e. The zero-order chi connectivity index (χ0) is 30.7. The van der Waals surface area contributed by atoms with Gasteiger partial charge in [-0.05, 0) is 30.7 Å². The average molecular weight is 630 g/mol. The molecule has 0 spiro atoms. The second-order valence-corrected chi connectivity index (χ2v) is 12.8. The van der Waals surface area contributed by atoms with E-state index in [1.165, 1.54) is 4.68 Å². The molecule has 1 unspecified atom stereocenters. The van der Waals surface area contributed by atoms with Gasteiger partial charge in [0.1, 0.15) is 35.5 Å². The first-order valence-electron chi connectivity index (χ1n) is 13.5. The lowest BCUT2D eigenvalue weighted by Crippen LogP contribution is -2.34. The number of aryl methyl sites for hydroxylation is 1. The average Bonchev–Trinajstić information content (AvgIpc) is 3.77. The lowest BCUT2D eigenvalue weighted by molar-refractivity contribution is -0.124. The van der Waals surface area contributed by atoms with Crippen molar-refractivity contribution in [2.45, 2.75) is 36.9 Å². The van der Waals surface area contributed by atoms with Crippen LogP contribution in [0, 0.1) is 6.92 Å². The molecular weight excluding hydrogens is 603 g/mol. The minimum atomic E-state index is -3.90. The molecule has 0 aliphatic heterocycles. The van der Waals surface area contributed by atoms with E-state index in [4.69, 9.17) is 14.4 Å². The van der Waals surface area contributed by atoms with Crippen molar-refractivity contribution in [3.63, 3.8) is 0 Å². The number of amides is 1. The summed E-state index contributed by atoms with van der Waals surface area (Å²) in [6, 6.07) is 23.7. The number of sulfonamides is 1. The van der Waals surface area contributed by atoms with E-state index >= 15 is 0 Å². The molecule has 0 aliphatic carbocycles. The van der Waals surface area contributed by atoms with Crippen LogP contribution >= 0.6 is 11.3 Å². The van der Waals surface area contributed by atoms with Gasteiger partial charge in [0.15, 0.2) is 0 Å². The molecule has 0 fully saturated rings. The quantitative estimate of drug-likeness (QED) is 0.214. The van der Waals surface area contributed by atoms with Crippen LogP contribution in [0.15, 0.2) is 93.9 Å². The maximum atomic E-state index is 13.6. The van der Waals surface area contributed by atoms with E-state index in [1.54, 1.807) is 24.4 Å². The number of nitrogens with zero attached hydrogens (tertiary/aromatic N) is 5. The SMILES string of the molecule is Cc1onc(-c2ccccc2)c1CNC(=O)C(Cc1ccccc1)n1cc(COc2ccc3nc(S(N)(=O)=O)sc3c2)nn1. The topological polar surface area (TPSA) is 168 Å². The second-order valence-electron chi connectivity index (χ2n) is 9.99. The van der Waals surface area contributed by atoms with Crippen molar-refractivity contribution < 1.29 is 22.5 Å². The molecule has 0 saturated heterocycles. The Morgan fingerprint density at radius 1 is 1.09 bits per heavy atom. The fourth-order valence-corrected chi connectivity index (χ4v) is 6.33. The van der Waals surface area contributed by atoms with Crippen LogP contribution in [0.25, 0.3) is 21.5 Å². The van der Waals surface area contributed by atoms with Gasteiger partial charge in [-0.3, -0.25) is 4.79 Å². The number of thiazole rings is 1. The molecule has 12 nitrogen and oxygen atoms in total. The van der Waals surface area contributed by atoms with Crippen LogP contribution in [-0.4, -0.2) is 39.5 Å². The number of benzene rings is 3. The molecule has 6 aromatic rings. The number of rotatable bonds is 11. The van der Waals surface area contributed by atoms with Gasteiger partial charge in [0.2, 0.25) is 10.2 Å². The number of nitrogens with two attached hydrogens (primary N) is 1. The first-order chi connectivity index (χ1) is 21.2. The van der Waals surface area contributed by atoms with Crippen molar-refractivity contribution in [2.24, 2.45) is 5.14 Å². The van der Waals surface area contributed by atoms with Crippen LogP contribution in [-0.2, 0) is 34.4 Å². The van der Waals surface area contributed by atoms with Gasteiger partial charge < -0.3 is 14.6 Å². The molecule has 0 saturated carbocycles. The van der Waals surface area contributed by atoms with E-state index < -0.39 is 16.1 Å². The van der Waals surface area contributed by atoms with Gasteiger partial charge >= 0.3 is 0 Å². The summed E-state index contributed by atoms with van der Waals surface area (Å²) >= 11 is 0.966. The summed E-state index contributed by atoms with van der Waals surface area (Å²) in [5.41, 5.74) is 4.35. The van der Waals surface area contributed by atoms with Gasteiger partial charge in [0.25, 0.3) is 10.0 Å². The summed E-state index contributed by atoms with van der Waals surface area (Å²) in [6.07, 6.45) is 2.07. The maximum absolute atomic E-state index is 13.6. The van der Waals surface area contributed by atoms with Crippen LogP contribution in [0.2, 0.25) is 0 Å². The molecule has 1 atom stereocenters. The van der Waals surface area contributed by atoms with Gasteiger partial charge in [-0.15, -0.1) is 16.4 Å². The normalized spacial score (nSPS) is 12.3. The van der Waals surface area contributed by atoms with Crippen molar-refractivity contribution in [3.05, 3.63) is 108 Å². The van der Waals surface area contributed by atoms with Crippen LogP contribution in [0.5, 0.6) is 5.75 Å². The Labute approximate surface area is 256 Å². The molecule has 0 aliphatic rings. The Morgan fingerprint density at radius 3 is 2.59 bits per heavy atom. The predicted octanol–water partition coefficient (Wildman–Crippen LogP) is 4.18. The molecule has 0 radical (unpaired) electrons. The number of carbonyl (C=O) groups excluding carboxylic acids is 1. The highest BCUT2D eigenvalue weighted by molar-refractivity contribution is 7.91. The molecule has 0 bridgehead atoms. The maximum Gasteiger partial charge on any atom is 0.265 e. The number of nitrogens with one attached hydrogen (secondary N) is 1. The van der Waals surface area contributed by atoms with E-state index in [2.05, 4.69) is 25.8 Å². The van der Waals surface area contributed by atoms with Crippen molar-refractivity contribution in [1.82, 2.24) is 30.5 Å². The molecule has 44 heavy (non-hydrogen) atoms. The van der Waals surface area contributed by atoms with Gasteiger partial charge in [-0.1, -0.05) is 71.0 Å². The van der Waals surface area contributed by atoms with E-state index in [9.17, 15) is 13.2 Å². The summed E-state index contributed by atoms with van der Waals surface area (Å²) in [6.45, 7) is 2.12. The number of hydrogen-bond donors (Lipinski definition) is 2. The fourth-order valence-electron chi connectivity index (χ4n) is 4.64. The van der Waals surface area contributed by atoms with Crippen molar-refractivity contribution in [3.8, 4) is 17.0 Å². The third-order valence-electron chi connectivity index (χ3n) is 6.89. The Balaban J connectivity index is 1.18. The van der Waals surface area contributed by atoms with Gasteiger partial charge in [-0.2, -0.15) is 0 Å².